The molecule has 0 saturated carbocycles. The van der Waals surface area contributed by atoms with Gasteiger partial charge in [0.2, 0.25) is 5.91 Å². The molecule has 0 radical (unpaired) electrons. The molecule has 0 spiro atoms. The zero-order chi connectivity index (χ0) is 14.4. The van der Waals surface area contributed by atoms with Gasteiger partial charge in [-0.25, -0.2) is 0 Å². The van der Waals surface area contributed by atoms with Gasteiger partial charge in [0.05, 0.1) is 12.5 Å². The van der Waals surface area contributed by atoms with E-state index in [4.69, 9.17) is 0 Å². The summed E-state index contributed by atoms with van der Waals surface area (Å²) in [6.07, 6.45) is 0.377. The molecule has 19 heavy (non-hydrogen) atoms. The van der Waals surface area contributed by atoms with E-state index in [0.29, 0.717) is 0 Å². The first-order chi connectivity index (χ1) is 8.88. The third-order valence-corrected chi connectivity index (χ3v) is 3.50. The third kappa shape index (κ3) is 6.21. The fourth-order valence-corrected chi connectivity index (χ4v) is 2.27. The van der Waals surface area contributed by atoms with Crippen LogP contribution in [0.4, 0.5) is 0 Å². The van der Waals surface area contributed by atoms with Gasteiger partial charge < -0.3 is 10.4 Å². The van der Waals surface area contributed by atoms with Gasteiger partial charge in [-0.2, -0.15) is 0 Å². The Balaban J connectivity index is 2.42. The molecule has 1 aromatic rings. The van der Waals surface area contributed by atoms with Crippen molar-refractivity contribution in [3.8, 4) is 0 Å². The summed E-state index contributed by atoms with van der Waals surface area (Å²) in [5.41, 5.74) is 1.17. The molecule has 2 N–H and O–H groups in total. The smallest absolute Gasteiger partial charge is 0.222 e. The van der Waals surface area contributed by atoms with Crippen molar-refractivity contribution in [3.05, 3.63) is 34.3 Å². The van der Waals surface area contributed by atoms with Gasteiger partial charge in [-0.3, -0.25) is 4.79 Å². The van der Waals surface area contributed by atoms with Crippen LogP contribution in [-0.4, -0.2) is 23.2 Å². The summed E-state index contributed by atoms with van der Waals surface area (Å²) in [5, 5.41) is 12.6. The van der Waals surface area contributed by atoms with Crippen LogP contribution in [0.15, 0.2) is 28.7 Å². The first kappa shape index (κ1) is 16.2. The lowest BCUT2D eigenvalue weighted by Crippen LogP contribution is -2.36. The van der Waals surface area contributed by atoms with Gasteiger partial charge in [0.25, 0.3) is 0 Å². The standard InChI is InChI=1S/C15H22BrNO2/c1-10(2)14(18)9-15(19)17-11(3)7-12-5-4-6-13(16)8-12/h4-6,8,10-11,14,18H,7,9H2,1-3H3,(H,17,19). The predicted molar refractivity (Wildman–Crippen MR) is 80.9 cm³/mol. The molecule has 0 aliphatic carbocycles. The van der Waals surface area contributed by atoms with Crippen molar-refractivity contribution in [2.75, 3.05) is 0 Å². The summed E-state index contributed by atoms with van der Waals surface area (Å²) in [6, 6.07) is 8.10. The molecule has 4 heteroatoms. The van der Waals surface area contributed by atoms with Gasteiger partial charge in [0.1, 0.15) is 0 Å². The van der Waals surface area contributed by atoms with E-state index in [1.165, 1.54) is 5.56 Å². The molecule has 1 aromatic carbocycles. The maximum absolute atomic E-state index is 11.7. The van der Waals surface area contributed by atoms with Gasteiger partial charge in [-0.05, 0) is 37.0 Å². The van der Waals surface area contributed by atoms with Crippen molar-refractivity contribution in [1.29, 1.82) is 0 Å². The molecule has 2 atom stereocenters. The molecule has 0 aliphatic heterocycles. The van der Waals surface area contributed by atoms with E-state index in [0.717, 1.165) is 10.9 Å². The van der Waals surface area contributed by atoms with Crippen LogP contribution < -0.4 is 5.32 Å². The van der Waals surface area contributed by atoms with Crippen molar-refractivity contribution in [2.24, 2.45) is 5.92 Å². The molecule has 1 amide bonds. The molecule has 3 nitrogen and oxygen atoms in total. The van der Waals surface area contributed by atoms with Crippen LogP contribution >= 0.6 is 15.9 Å². The lowest BCUT2D eigenvalue weighted by atomic mass is 10.0. The third-order valence-electron chi connectivity index (χ3n) is 3.00. The van der Waals surface area contributed by atoms with E-state index in [2.05, 4.69) is 21.2 Å². The average molecular weight is 328 g/mol. The number of rotatable bonds is 6. The van der Waals surface area contributed by atoms with Crippen LogP contribution in [-0.2, 0) is 11.2 Å². The number of halogens is 1. The minimum Gasteiger partial charge on any atom is -0.392 e. The second-order valence-corrected chi connectivity index (χ2v) is 6.23. The molecule has 0 bridgehead atoms. The highest BCUT2D eigenvalue weighted by atomic mass is 79.9. The minimum absolute atomic E-state index is 0.0566. The van der Waals surface area contributed by atoms with Crippen LogP contribution in [0, 0.1) is 5.92 Å². The molecule has 0 fully saturated rings. The average Bonchev–Trinajstić information content (AvgIpc) is 2.27. The molecule has 0 aromatic heterocycles. The fraction of sp³-hybridized carbons (Fsp3) is 0.533. The van der Waals surface area contributed by atoms with E-state index >= 15 is 0 Å². The van der Waals surface area contributed by atoms with Gasteiger partial charge in [0, 0.05) is 10.5 Å². The maximum Gasteiger partial charge on any atom is 0.222 e. The van der Waals surface area contributed by atoms with Crippen molar-refractivity contribution in [2.45, 2.75) is 45.8 Å². The van der Waals surface area contributed by atoms with E-state index < -0.39 is 6.10 Å². The number of carbonyl (C=O) groups is 1. The number of benzene rings is 1. The summed E-state index contributed by atoms with van der Waals surface area (Å²) in [7, 11) is 0. The Morgan fingerprint density at radius 2 is 2.05 bits per heavy atom. The Kier molecular flexibility index (Phi) is 6.52. The summed E-state index contributed by atoms with van der Waals surface area (Å²) >= 11 is 3.43. The lowest BCUT2D eigenvalue weighted by molar-refractivity contribution is -0.124. The number of hydrogen-bond donors (Lipinski definition) is 2. The van der Waals surface area contributed by atoms with E-state index in [-0.39, 0.29) is 24.3 Å². The first-order valence-corrected chi connectivity index (χ1v) is 7.39. The fourth-order valence-electron chi connectivity index (χ4n) is 1.83. The summed E-state index contributed by atoms with van der Waals surface area (Å²) in [4.78, 5) is 11.7. The maximum atomic E-state index is 11.7. The summed E-state index contributed by atoms with van der Waals surface area (Å²) in [5.74, 6) is 0.00910. The summed E-state index contributed by atoms with van der Waals surface area (Å²) < 4.78 is 1.04. The van der Waals surface area contributed by atoms with Gasteiger partial charge in [-0.15, -0.1) is 0 Å². The highest BCUT2D eigenvalue weighted by Crippen LogP contribution is 2.13. The molecule has 0 saturated heterocycles. The summed E-state index contributed by atoms with van der Waals surface area (Å²) in [6.45, 7) is 5.78. The van der Waals surface area contributed by atoms with Gasteiger partial charge in [0.15, 0.2) is 0 Å². The van der Waals surface area contributed by atoms with E-state index in [9.17, 15) is 9.90 Å². The largest absolute Gasteiger partial charge is 0.392 e. The predicted octanol–water partition coefficient (Wildman–Crippen LogP) is 2.90. The quantitative estimate of drug-likeness (QED) is 0.844. The number of carbonyl (C=O) groups excluding carboxylic acids is 1. The second-order valence-electron chi connectivity index (χ2n) is 5.32. The highest BCUT2D eigenvalue weighted by Gasteiger charge is 2.15. The molecular weight excluding hydrogens is 306 g/mol. The van der Waals surface area contributed by atoms with Crippen LogP contribution in [0.3, 0.4) is 0 Å². The van der Waals surface area contributed by atoms with Crippen LogP contribution in [0.5, 0.6) is 0 Å². The highest BCUT2D eigenvalue weighted by molar-refractivity contribution is 9.10. The lowest BCUT2D eigenvalue weighted by Gasteiger charge is -2.17. The first-order valence-electron chi connectivity index (χ1n) is 6.60. The van der Waals surface area contributed by atoms with Crippen molar-refractivity contribution in [1.82, 2.24) is 5.32 Å². The van der Waals surface area contributed by atoms with Crippen LogP contribution in [0.2, 0.25) is 0 Å². The molecule has 0 aliphatic rings. The number of nitrogens with one attached hydrogen (secondary N) is 1. The topological polar surface area (TPSA) is 49.3 Å². The normalized spacial score (nSPS) is 14.2. The Morgan fingerprint density at radius 3 is 2.63 bits per heavy atom. The molecule has 1 rings (SSSR count). The van der Waals surface area contributed by atoms with Crippen LogP contribution in [0.1, 0.15) is 32.8 Å². The monoisotopic (exact) mass is 327 g/mol. The SMILES string of the molecule is CC(Cc1cccc(Br)c1)NC(=O)CC(O)C(C)C. The molecule has 2 unspecified atom stereocenters. The second kappa shape index (κ2) is 7.65. The number of aliphatic hydroxyl groups is 1. The Morgan fingerprint density at radius 1 is 1.37 bits per heavy atom. The Bertz CT molecular complexity index is 420. The van der Waals surface area contributed by atoms with Crippen molar-refractivity contribution in [3.63, 3.8) is 0 Å². The Hall–Kier alpha value is -0.870. The molecular formula is C15H22BrNO2. The minimum atomic E-state index is -0.571. The van der Waals surface area contributed by atoms with Crippen LogP contribution in [0.25, 0.3) is 0 Å². The van der Waals surface area contributed by atoms with Gasteiger partial charge >= 0.3 is 0 Å². The van der Waals surface area contributed by atoms with Gasteiger partial charge in [-0.1, -0.05) is 41.9 Å². The zero-order valence-corrected chi connectivity index (χ0v) is 13.3. The number of amides is 1. The van der Waals surface area contributed by atoms with E-state index in [1.807, 2.05) is 45.0 Å². The van der Waals surface area contributed by atoms with E-state index in [1.54, 1.807) is 0 Å². The molecule has 106 valence electrons. The number of hydrogen-bond acceptors (Lipinski definition) is 2. The van der Waals surface area contributed by atoms with Crippen molar-refractivity contribution >= 4 is 21.8 Å². The number of aliphatic hydroxyl groups excluding tert-OH is 1. The molecule has 0 heterocycles. The van der Waals surface area contributed by atoms with Crippen molar-refractivity contribution < 1.29 is 9.90 Å². The Labute approximate surface area is 123 Å². The zero-order valence-electron chi connectivity index (χ0n) is 11.7.